The molecule has 0 aliphatic heterocycles. The van der Waals surface area contributed by atoms with E-state index in [-0.39, 0.29) is 5.82 Å². The molecule has 0 spiro atoms. The fraction of sp³-hybridized carbons (Fsp3) is 0.133. The maximum atomic E-state index is 13.0. The molecule has 5 heteroatoms. The first-order valence-corrected chi connectivity index (χ1v) is 6.20. The van der Waals surface area contributed by atoms with Gasteiger partial charge in [0.1, 0.15) is 23.9 Å². The highest BCUT2D eigenvalue weighted by Gasteiger charge is 2.13. The summed E-state index contributed by atoms with van der Waals surface area (Å²) in [4.78, 5) is 4.57. The van der Waals surface area contributed by atoms with Gasteiger partial charge in [-0.2, -0.15) is 0 Å². The minimum absolute atomic E-state index is 0.275. The summed E-state index contributed by atoms with van der Waals surface area (Å²) in [6.07, 6.45) is 0. The van der Waals surface area contributed by atoms with Crippen LogP contribution >= 0.6 is 0 Å². The number of para-hydroxylation sites is 1. The van der Waals surface area contributed by atoms with E-state index in [1.54, 1.807) is 25.3 Å². The highest BCUT2D eigenvalue weighted by molar-refractivity contribution is 5.90. The summed E-state index contributed by atoms with van der Waals surface area (Å²) in [5, 5.41) is 0. The second kappa shape index (κ2) is 4.94. The summed E-state index contributed by atoms with van der Waals surface area (Å²) in [5.74, 6) is 0.433. The molecule has 1 heterocycles. The number of methoxy groups -OCH3 is 1. The number of imidazole rings is 1. The first-order chi connectivity index (χ1) is 9.70. The van der Waals surface area contributed by atoms with Gasteiger partial charge in [-0.1, -0.05) is 6.07 Å². The van der Waals surface area contributed by atoms with Crippen LogP contribution in [0.3, 0.4) is 0 Å². The number of halogens is 1. The quantitative estimate of drug-likeness (QED) is 0.745. The van der Waals surface area contributed by atoms with Crippen molar-refractivity contribution >= 4 is 16.7 Å². The Morgan fingerprint density at radius 3 is 2.65 bits per heavy atom. The minimum atomic E-state index is -0.275. The highest BCUT2D eigenvalue weighted by atomic mass is 19.1. The molecule has 0 atom stereocenters. The first-order valence-electron chi connectivity index (χ1n) is 6.20. The average molecular weight is 271 g/mol. The number of benzene rings is 2. The van der Waals surface area contributed by atoms with E-state index in [4.69, 9.17) is 10.5 Å². The van der Waals surface area contributed by atoms with Crippen LogP contribution in [0.25, 0.3) is 22.4 Å². The van der Waals surface area contributed by atoms with Gasteiger partial charge in [-0.05, 0) is 36.4 Å². The number of ether oxygens (including phenoxy) is 1. The molecular weight excluding hydrogens is 257 g/mol. The molecule has 0 radical (unpaired) electrons. The summed E-state index contributed by atoms with van der Waals surface area (Å²) in [6, 6.07) is 11.8. The summed E-state index contributed by atoms with van der Waals surface area (Å²) < 4.78 is 20.2. The molecule has 3 rings (SSSR count). The average Bonchev–Trinajstić information content (AvgIpc) is 2.81. The summed E-state index contributed by atoms with van der Waals surface area (Å²) in [6.45, 7) is 0.354. The van der Waals surface area contributed by atoms with Crippen LogP contribution in [0.1, 0.15) is 0 Å². The predicted octanol–water partition coefficient (Wildman–Crippen LogP) is 3.03. The second-order valence-corrected chi connectivity index (χ2v) is 4.50. The lowest BCUT2D eigenvalue weighted by molar-refractivity contribution is 0.135. The molecule has 0 saturated heterocycles. The fourth-order valence-corrected chi connectivity index (χ4v) is 2.25. The monoisotopic (exact) mass is 271 g/mol. The van der Waals surface area contributed by atoms with Crippen molar-refractivity contribution < 1.29 is 9.13 Å². The zero-order valence-electron chi connectivity index (χ0n) is 11.0. The SMILES string of the molecule is COCn1c(-c2ccc(F)cc2)nc2c(N)cccc21. The normalized spacial score (nSPS) is 11.1. The number of fused-ring (bicyclic) bond motifs is 1. The summed E-state index contributed by atoms with van der Waals surface area (Å²) in [7, 11) is 1.62. The Morgan fingerprint density at radius 2 is 1.95 bits per heavy atom. The third-order valence-corrected chi connectivity index (χ3v) is 3.17. The van der Waals surface area contributed by atoms with Crippen LogP contribution in [0, 0.1) is 5.82 Å². The van der Waals surface area contributed by atoms with Crippen molar-refractivity contribution in [2.45, 2.75) is 6.73 Å². The van der Waals surface area contributed by atoms with Gasteiger partial charge in [0.25, 0.3) is 0 Å². The van der Waals surface area contributed by atoms with E-state index >= 15 is 0 Å². The molecule has 0 aliphatic rings. The molecule has 3 aromatic rings. The van der Waals surface area contributed by atoms with Gasteiger partial charge in [-0.25, -0.2) is 9.37 Å². The van der Waals surface area contributed by atoms with Crippen LogP contribution in [0.15, 0.2) is 42.5 Å². The van der Waals surface area contributed by atoms with Crippen molar-refractivity contribution in [3.63, 3.8) is 0 Å². The Hall–Kier alpha value is -2.40. The lowest BCUT2D eigenvalue weighted by Gasteiger charge is -2.07. The lowest BCUT2D eigenvalue weighted by atomic mass is 10.2. The topological polar surface area (TPSA) is 53.1 Å². The first kappa shape index (κ1) is 12.6. The van der Waals surface area contributed by atoms with Crippen LogP contribution in [-0.2, 0) is 11.5 Å². The van der Waals surface area contributed by atoms with Gasteiger partial charge in [0.15, 0.2) is 0 Å². The third-order valence-electron chi connectivity index (χ3n) is 3.17. The van der Waals surface area contributed by atoms with Crippen LogP contribution in [0.4, 0.5) is 10.1 Å². The van der Waals surface area contributed by atoms with E-state index < -0.39 is 0 Å². The maximum Gasteiger partial charge on any atom is 0.143 e. The van der Waals surface area contributed by atoms with Gasteiger partial charge in [-0.3, -0.25) is 4.57 Å². The molecule has 2 N–H and O–H groups in total. The molecule has 20 heavy (non-hydrogen) atoms. The van der Waals surface area contributed by atoms with E-state index in [0.717, 1.165) is 16.6 Å². The van der Waals surface area contributed by atoms with Crippen LogP contribution in [0.5, 0.6) is 0 Å². The van der Waals surface area contributed by atoms with Crippen LogP contribution in [-0.4, -0.2) is 16.7 Å². The Kier molecular flexibility index (Phi) is 3.12. The highest BCUT2D eigenvalue weighted by Crippen LogP contribution is 2.28. The van der Waals surface area contributed by atoms with Crippen molar-refractivity contribution in [1.29, 1.82) is 0 Å². The molecule has 0 aliphatic carbocycles. The Morgan fingerprint density at radius 1 is 1.20 bits per heavy atom. The van der Waals surface area contributed by atoms with E-state index in [9.17, 15) is 4.39 Å². The van der Waals surface area contributed by atoms with E-state index in [2.05, 4.69) is 4.98 Å². The molecule has 102 valence electrons. The molecule has 0 unspecified atom stereocenters. The van der Waals surface area contributed by atoms with E-state index in [0.29, 0.717) is 18.2 Å². The van der Waals surface area contributed by atoms with Crippen molar-refractivity contribution in [2.75, 3.05) is 12.8 Å². The summed E-state index contributed by atoms with van der Waals surface area (Å²) >= 11 is 0. The number of hydrogen-bond acceptors (Lipinski definition) is 3. The lowest BCUT2D eigenvalue weighted by Crippen LogP contribution is -2.02. The van der Waals surface area contributed by atoms with Gasteiger partial charge >= 0.3 is 0 Å². The standard InChI is InChI=1S/C15H14FN3O/c1-20-9-19-13-4-2-3-12(17)14(13)18-15(19)10-5-7-11(16)8-6-10/h2-8H,9,17H2,1H3. The van der Waals surface area contributed by atoms with Gasteiger partial charge < -0.3 is 10.5 Å². The van der Waals surface area contributed by atoms with Crippen molar-refractivity contribution in [1.82, 2.24) is 9.55 Å². The van der Waals surface area contributed by atoms with Crippen molar-refractivity contribution in [3.8, 4) is 11.4 Å². The Labute approximate surface area is 115 Å². The van der Waals surface area contributed by atoms with Gasteiger partial charge in [0, 0.05) is 12.7 Å². The Balaban J connectivity index is 2.26. The molecule has 1 aromatic heterocycles. The molecule has 0 fully saturated rings. The second-order valence-electron chi connectivity index (χ2n) is 4.50. The smallest absolute Gasteiger partial charge is 0.143 e. The minimum Gasteiger partial charge on any atom is -0.397 e. The molecule has 0 amide bonds. The van der Waals surface area contributed by atoms with Crippen molar-refractivity contribution in [2.24, 2.45) is 0 Å². The number of aromatic nitrogens is 2. The van der Waals surface area contributed by atoms with Gasteiger partial charge in [-0.15, -0.1) is 0 Å². The summed E-state index contributed by atoms with van der Waals surface area (Å²) in [5.41, 5.74) is 9.01. The van der Waals surface area contributed by atoms with Gasteiger partial charge in [0.2, 0.25) is 0 Å². The maximum absolute atomic E-state index is 13.0. The Bertz CT molecular complexity index is 750. The van der Waals surface area contributed by atoms with Crippen LogP contribution in [0.2, 0.25) is 0 Å². The predicted molar refractivity (Wildman–Crippen MR) is 76.5 cm³/mol. The number of nitrogens with two attached hydrogens (primary N) is 1. The molecule has 2 aromatic carbocycles. The number of hydrogen-bond donors (Lipinski definition) is 1. The number of anilines is 1. The fourth-order valence-electron chi connectivity index (χ4n) is 2.25. The zero-order chi connectivity index (χ0) is 14.1. The molecule has 4 nitrogen and oxygen atoms in total. The number of nitrogens with zero attached hydrogens (tertiary/aromatic N) is 2. The molecular formula is C15H14FN3O. The number of rotatable bonds is 3. The largest absolute Gasteiger partial charge is 0.397 e. The van der Waals surface area contributed by atoms with Crippen molar-refractivity contribution in [3.05, 3.63) is 48.3 Å². The van der Waals surface area contributed by atoms with E-state index in [1.807, 2.05) is 16.7 Å². The zero-order valence-corrected chi connectivity index (χ0v) is 11.0. The molecule has 0 saturated carbocycles. The number of nitrogen functional groups attached to an aromatic ring is 1. The van der Waals surface area contributed by atoms with E-state index in [1.165, 1.54) is 12.1 Å². The molecule has 0 bridgehead atoms. The third kappa shape index (κ3) is 2.02. The van der Waals surface area contributed by atoms with Crippen LogP contribution < -0.4 is 5.73 Å². The van der Waals surface area contributed by atoms with Gasteiger partial charge in [0.05, 0.1) is 11.2 Å².